The standard InChI is InChI=1S/C9H13N3O/c1-7(2)5-10-8-4-9(13-3)12-6-11-8/h4,6H,1,5H2,2-3H3,(H,10,11,12). The lowest BCUT2D eigenvalue weighted by atomic mass is 10.3. The summed E-state index contributed by atoms with van der Waals surface area (Å²) < 4.78 is 4.95. The van der Waals surface area contributed by atoms with Crippen LogP contribution in [-0.4, -0.2) is 23.6 Å². The van der Waals surface area contributed by atoms with Gasteiger partial charge < -0.3 is 10.1 Å². The van der Waals surface area contributed by atoms with Gasteiger partial charge in [0.15, 0.2) is 0 Å². The van der Waals surface area contributed by atoms with Crippen molar-refractivity contribution in [2.45, 2.75) is 6.92 Å². The first-order valence-corrected chi connectivity index (χ1v) is 3.96. The third-order valence-corrected chi connectivity index (χ3v) is 1.42. The molecule has 0 saturated heterocycles. The molecule has 0 bridgehead atoms. The topological polar surface area (TPSA) is 47.0 Å². The van der Waals surface area contributed by atoms with E-state index in [1.165, 1.54) is 6.33 Å². The molecule has 1 heterocycles. The number of nitrogens with zero attached hydrogens (tertiary/aromatic N) is 2. The molecule has 1 rings (SSSR count). The number of aromatic nitrogens is 2. The van der Waals surface area contributed by atoms with Gasteiger partial charge in [0.1, 0.15) is 12.1 Å². The van der Waals surface area contributed by atoms with Crippen molar-refractivity contribution < 1.29 is 4.74 Å². The van der Waals surface area contributed by atoms with E-state index in [-0.39, 0.29) is 0 Å². The van der Waals surface area contributed by atoms with E-state index >= 15 is 0 Å². The second-order valence-electron chi connectivity index (χ2n) is 2.76. The van der Waals surface area contributed by atoms with Crippen LogP contribution in [0.15, 0.2) is 24.5 Å². The van der Waals surface area contributed by atoms with Crippen molar-refractivity contribution in [3.05, 3.63) is 24.5 Å². The van der Waals surface area contributed by atoms with Crippen LogP contribution in [0.3, 0.4) is 0 Å². The van der Waals surface area contributed by atoms with Crippen LogP contribution in [0.2, 0.25) is 0 Å². The van der Waals surface area contributed by atoms with Crippen LogP contribution < -0.4 is 10.1 Å². The Morgan fingerprint density at radius 3 is 3.00 bits per heavy atom. The Bertz CT molecular complexity index is 299. The Morgan fingerprint density at radius 1 is 1.62 bits per heavy atom. The molecule has 4 heteroatoms. The molecule has 1 N–H and O–H groups in total. The summed E-state index contributed by atoms with van der Waals surface area (Å²) in [6, 6.07) is 1.74. The second kappa shape index (κ2) is 4.45. The SMILES string of the molecule is C=C(C)CNc1cc(OC)ncn1. The summed E-state index contributed by atoms with van der Waals surface area (Å²) in [5.74, 6) is 1.30. The molecule has 0 atom stereocenters. The minimum Gasteiger partial charge on any atom is -0.481 e. The van der Waals surface area contributed by atoms with Crippen molar-refractivity contribution in [2.24, 2.45) is 0 Å². The smallest absolute Gasteiger partial charge is 0.218 e. The zero-order valence-electron chi connectivity index (χ0n) is 7.87. The summed E-state index contributed by atoms with van der Waals surface area (Å²) in [6.45, 7) is 6.43. The zero-order valence-corrected chi connectivity index (χ0v) is 7.87. The number of methoxy groups -OCH3 is 1. The molecule has 70 valence electrons. The van der Waals surface area contributed by atoms with Crippen LogP contribution in [0.5, 0.6) is 5.88 Å². The van der Waals surface area contributed by atoms with Crippen molar-refractivity contribution in [3.8, 4) is 5.88 Å². The first kappa shape index (κ1) is 9.51. The molecule has 0 aromatic carbocycles. The normalized spacial score (nSPS) is 9.38. The molecule has 13 heavy (non-hydrogen) atoms. The van der Waals surface area contributed by atoms with Gasteiger partial charge in [0.05, 0.1) is 7.11 Å². The van der Waals surface area contributed by atoms with E-state index in [9.17, 15) is 0 Å². The van der Waals surface area contributed by atoms with Crippen molar-refractivity contribution in [2.75, 3.05) is 19.0 Å². The molecule has 1 aromatic heterocycles. The Kier molecular flexibility index (Phi) is 3.25. The average molecular weight is 179 g/mol. The van der Waals surface area contributed by atoms with Gasteiger partial charge in [-0.3, -0.25) is 0 Å². The summed E-state index contributed by atoms with van der Waals surface area (Å²) in [5.41, 5.74) is 1.05. The number of nitrogens with one attached hydrogen (secondary N) is 1. The van der Waals surface area contributed by atoms with Crippen LogP contribution in [0.1, 0.15) is 6.92 Å². The predicted octanol–water partition coefficient (Wildman–Crippen LogP) is 1.47. The number of ether oxygens (including phenoxy) is 1. The minimum atomic E-state index is 0.555. The highest BCUT2D eigenvalue weighted by atomic mass is 16.5. The van der Waals surface area contributed by atoms with Crippen molar-refractivity contribution in [3.63, 3.8) is 0 Å². The summed E-state index contributed by atoms with van der Waals surface area (Å²) in [6.07, 6.45) is 1.46. The molecule has 0 radical (unpaired) electrons. The van der Waals surface area contributed by atoms with Gasteiger partial charge in [0.25, 0.3) is 0 Å². The average Bonchev–Trinajstić information content (AvgIpc) is 2.15. The number of hydrogen-bond acceptors (Lipinski definition) is 4. The molecular weight excluding hydrogens is 166 g/mol. The van der Waals surface area contributed by atoms with E-state index in [1.807, 2.05) is 6.92 Å². The lowest BCUT2D eigenvalue weighted by Crippen LogP contribution is -2.04. The zero-order chi connectivity index (χ0) is 9.68. The molecule has 0 aliphatic heterocycles. The monoisotopic (exact) mass is 179 g/mol. The van der Waals surface area contributed by atoms with Crippen LogP contribution in [0.25, 0.3) is 0 Å². The molecule has 0 amide bonds. The van der Waals surface area contributed by atoms with E-state index < -0.39 is 0 Å². The first-order chi connectivity index (χ1) is 6.22. The maximum atomic E-state index is 4.95. The van der Waals surface area contributed by atoms with Gasteiger partial charge in [-0.2, -0.15) is 0 Å². The van der Waals surface area contributed by atoms with E-state index in [0.29, 0.717) is 12.4 Å². The predicted molar refractivity (Wildman–Crippen MR) is 51.9 cm³/mol. The molecule has 0 saturated carbocycles. The third kappa shape index (κ3) is 3.11. The van der Waals surface area contributed by atoms with Gasteiger partial charge in [-0.1, -0.05) is 12.2 Å². The number of rotatable bonds is 4. The molecule has 4 nitrogen and oxygen atoms in total. The fraction of sp³-hybridized carbons (Fsp3) is 0.333. The van der Waals surface area contributed by atoms with Crippen molar-refractivity contribution in [1.82, 2.24) is 9.97 Å². The lowest BCUT2D eigenvalue weighted by molar-refractivity contribution is 0.397. The van der Waals surface area contributed by atoms with Crippen LogP contribution in [-0.2, 0) is 0 Å². The van der Waals surface area contributed by atoms with E-state index in [2.05, 4.69) is 21.9 Å². The van der Waals surface area contributed by atoms with Gasteiger partial charge in [-0.25, -0.2) is 9.97 Å². The van der Waals surface area contributed by atoms with Crippen LogP contribution in [0.4, 0.5) is 5.82 Å². The minimum absolute atomic E-state index is 0.555. The maximum Gasteiger partial charge on any atom is 0.218 e. The highest BCUT2D eigenvalue weighted by Gasteiger charge is 1.96. The molecular formula is C9H13N3O. The highest BCUT2D eigenvalue weighted by molar-refractivity contribution is 5.38. The Labute approximate surface area is 77.7 Å². The molecule has 0 aliphatic rings. The third-order valence-electron chi connectivity index (χ3n) is 1.42. The Hall–Kier alpha value is -1.58. The van der Waals surface area contributed by atoms with Gasteiger partial charge >= 0.3 is 0 Å². The van der Waals surface area contributed by atoms with Gasteiger partial charge in [0, 0.05) is 12.6 Å². The van der Waals surface area contributed by atoms with Crippen molar-refractivity contribution >= 4 is 5.82 Å². The number of hydrogen-bond donors (Lipinski definition) is 1. The fourth-order valence-electron chi connectivity index (χ4n) is 0.789. The second-order valence-corrected chi connectivity index (χ2v) is 2.76. The summed E-state index contributed by atoms with van der Waals surface area (Å²) >= 11 is 0. The first-order valence-electron chi connectivity index (χ1n) is 3.96. The van der Waals surface area contributed by atoms with Crippen molar-refractivity contribution in [1.29, 1.82) is 0 Å². The Balaban J connectivity index is 2.61. The molecule has 0 unspecified atom stereocenters. The number of anilines is 1. The molecule has 1 aromatic rings. The highest BCUT2D eigenvalue weighted by Crippen LogP contribution is 2.09. The van der Waals surface area contributed by atoms with Gasteiger partial charge in [-0.05, 0) is 6.92 Å². The van der Waals surface area contributed by atoms with Crippen LogP contribution in [0, 0.1) is 0 Å². The van der Waals surface area contributed by atoms with Gasteiger partial charge in [-0.15, -0.1) is 0 Å². The molecule has 0 aliphatic carbocycles. The quantitative estimate of drug-likeness (QED) is 0.711. The summed E-state index contributed by atoms with van der Waals surface area (Å²) in [4.78, 5) is 7.91. The van der Waals surface area contributed by atoms with E-state index in [4.69, 9.17) is 4.74 Å². The van der Waals surface area contributed by atoms with E-state index in [1.54, 1.807) is 13.2 Å². The largest absolute Gasteiger partial charge is 0.481 e. The lowest BCUT2D eigenvalue weighted by Gasteiger charge is -2.05. The summed E-state index contributed by atoms with van der Waals surface area (Å²) in [5, 5.41) is 3.09. The van der Waals surface area contributed by atoms with Crippen LogP contribution >= 0.6 is 0 Å². The maximum absolute atomic E-state index is 4.95. The van der Waals surface area contributed by atoms with E-state index in [0.717, 1.165) is 11.4 Å². The molecule has 0 spiro atoms. The Morgan fingerprint density at radius 2 is 2.38 bits per heavy atom. The fourth-order valence-corrected chi connectivity index (χ4v) is 0.789. The molecule has 0 fully saturated rings. The summed E-state index contributed by atoms with van der Waals surface area (Å²) in [7, 11) is 1.57. The van der Waals surface area contributed by atoms with Gasteiger partial charge in [0.2, 0.25) is 5.88 Å².